The minimum atomic E-state index is 0.885. The minimum Gasteiger partial charge on any atom is -0.455 e. The van der Waals surface area contributed by atoms with Crippen LogP contribution in [0.5, 0.6) is 0 Å². The van der Waals surface area contributed by atoms with Crippen LogP contribution in [0.3, 0.4) is 0 Å². The van der Waals surface area contributed by atoms with Gasteiger partial charge in [0.2, 0.25) is 0 Å². The number of hydrogen-bond acceptors (Lipinski definition) is 2. The van der Waals surface area contributed by atoms with Gasteiger partial charge in [-0.3, -0.25) is 0 Å². The molecule has 0 aliphatic heterocycles. The average Bonchev–Trinajstić information content (AvgIpc) is 3.91. The summed E-state index contributed by atoms with van der Waals surface area (Å²) in [4.78, 5) is 2.39. The quantitative estimate of drug-likeness (QED) is 0.153. The summed E-state index contributed by atoms with van der Waals surface area (Å²) in [6.45, 7) is 0. The monoisotopic (exact) mass is 804 g/mol. The molecule has 0 saturated carbocycles. The number of fused-ring (bicyclic) bond motifs is 6. The first-order valence-electron chi connectivity index (χ1n) is 21.5. The summed E-state index contributed by atoms with van der Waals surface area (Å²) in [5.74, 6) is 0. The first-order chi connectivity index (χ1) is 31.3. The van der Waals surface area contributed by atoms with Crippen molar-refractivity contribution in [1.29, 1.82) is 0 Å². The van der Waals surface area contributed by atoms with Gasteiger partial charge in [-0.25, -0.2) is 0 Å². The van der Waals surface area contributed by atoms with Gasteiger partial charge >= 0.3 is 0 Å². The molecule has 0 radical (unpaired) electrons. The van der Waals surface area contributed by atoms with E-state index >= 15 is 0 Å². The van der Waals surface area contributed by atoms with Crippen LogP contribution in [0.15, 0.2) is 247 Å². The third-order valence-corrected chi connectivity index (χ3v) is 12.4. The number of anilines is 3. The Morgan fingerprint density at radius 1 is 0.302 bits per heavy atom. The molecule has 0 spiro atoms. The molecule has 0 aliphatic carbocycles. The van der Waals surface area contributed by atoms with Gasteiger partial charge < -0.3 is 13.9 Å². The molecule has 0 saturated heterocycles. The Labute approximate surface area is 366 Å². The van der Waals surface area contributed by atoms with Crippen molar-refractivity contribution in [3.63, 3.8) is 0 Å². The molecule has 2 heterocycles. The third-order valence-electron chi connectivity index (χ3n) is 12.4. The zero-order valence-electron chi connectivity index (χ0n) is 34.4. The Morgan fingerprint density at radius 3 is 1.43 bits per heavy atom. The molecule has 0 unspecified atom stereocenters. The maximum atomic E-state index is 6.89. The highest BCUT2D eigenvalue weighted by atomic mass is 16.3. The van der Waals surface area contributed by atoms with Crippen LogP contribution in [0.4, 0.5) is 17.1 Å². The summed E-state index contributed by atoms with van der Waals surface area (Å²) < 4.78 is 9.30. The van der Waals surface area contributed by atoms with Crippen molar-refractivity contribution in [3.05, 3.63) is 243 Å². The second-order valence-electron chi connectivity index (χ2n) is 16.0. The first-order valence-corrected chi connectivity index (χ1v) is 21.5. The summed E-state index contributed by atoms with van der Waals surface area (Å²) in [5.41, 5.74) is 17.5. The lowest BCUT2D eigenvalue weighted by molar-refractivity contribution is 0.671. The van der Waals surface area contributed by atoms with Crippen molar-refractivity contribution in [1.82, 2.24) is 4.57 Å². The Balaban J connectivity index is 1.01. The van der Waals surface area contributed by atoms with Gasteiger partial charge in [0.1, 0.15) is 11.2 Å². The Hall–Kier alpha value is -8.40. The molecule has 10 aromatic carbocycles. The van der Waals surface area contributed by atoms with Crippen LogP contribution in [0.1, 0.15) is 0 Å². The van der Waals surface area contributed by atoms with E-state index in [4.69, 9.17) is 4.42 Å². The smallest absolute Gasteiger partial charge is 0.143 e. The molecule has 63 heavy (non-hydrogen) atoms. The van der Waals surface area contributed by atoms with Crippen molar-refractivity contribution < 1.29 is 4.42 Å². The lowest BCUT2D eigenvalue weighted by Gasteiger charge is -2.28. The Morgan fingerprint density at radius 2 is 0.762 bits per heavy atom. The maximum Gasteiger partial charge on any atom is 0.143 e. The van der Waals surface area contributed by atoms with E-state index in [9.17, 15) is 0 Å². The fourth-order valence-electron chi connectivity index (χ4n) is 9.55. The highest BCUT2D eigenvalue weighted by Gasteiger charge is 2.21. The van der Waals surface area contributed by atoms with E-state index in [1.54, 1.807) is 0 Å². The average molecular weight is 805 g/mol. The summed E-state index contributed by atoms with van der Waals surface area (Å²) in [7, 11) is 0. The largest absolute Gasteiger partial charge is 0.455 e. The van der Waals surface area contributed by atoms with Crippen LogP contribution in [0.25, 0.3) is 93.9 Å². The van der Waals surface area contributed by atoms with Crippen LogP contribution in [-0.2, 0) is 0 Å². The van der Waals surface area contributed by atoms with Crippen molar-refractivity contribution in [2.45, 2.75) is 0 Å². The predicted octanol–water partition coefficient (Wildman–Crippen LogP) is 16.8. The SMILES string of the molecule is c1ccc(-c2ccccc2N(c2ccc(-c3ccccc3-n3c4ccccc4c4ccccc43)cc2)c2cccc(-c3cccc4c3oc3c(-c5ccccc5)cccc34)c2)cc1. The molecule has 0 aliphatic rings. The van der Waals surface area contributed by atoms with E-state index in [0.717, 1.165) is 83.6 Å². The normalized spacial score (nSPS) is 11.5. The number of hydrogen-bond donors (Lipinski definition) is 0. The number of rotatable bonds is 8. The summed E-state index contributed by atoms with van der Waals surface area (Å²) in [6, 6.07) is 86.9. The molecule has 0 N–H and O–H groups in total. The second kappa shape index (κ2) is 15.3. The zero-order valence-corrected chi connectivity index (χ0v) is 34.4. The van der Waals surface area contributed by atoms with E-state index in [-0.39, 0.29) is 0 Å². The molecule has 3 nitrogen and oxygen atoms in total. The maximum absolute atomic E-state index is 6.89. The first kappa shape index (κ1) is 36.5. The fourth-order valence-corrected chi connectivity index (χ4v) is 9.55. The summed E-state index contributed by atoms with van der Waals surface area (Å²) in [6.07, 6.45) is 0. The zero-order chi connectivity index (χ0) is 41.7. The predicted molar refractivity (Wildman–Crippen MR) is 264 cm³/mol. The van der Waals surface area contributed by atoms with Gasteiger partial charge in [0, 0.05) is 55.2 Å². The van der Waals surface area contributed by atoms with E-state index in [1.807, 2.05) is 0 Å². The molecular weight excluding hydrogens is 765 g/mol. The molecule has 12 rings (SSSR count). The van der Waals surface area contributed by atoms with Gasteiger partial charge in [-0.15, -0.1) is 0 Å². The van der Waals surface area contributed by atoms with Gasteiger partial charge in [0.25, 0.3) is 0 Å². The number of nitrogens with zero attached hydrogens (tertiary/aromatic N) is 2. The molecule has 0 fully saturated rings. The van der Waals surface area contributed by atoms with E-state index in [1.165, 1.54) is 27.4 Å². The van der Waals surface area contributed by atoms with Crippen LogP contribution >= 0.6 is 0 Å². The molecule has 0 atom stereocenters. The van der Waals surface area contributed by atoms with Crippen molar-refractivity contribution in [2.24, 2.45) is 0 Å². The number of aromatic nitrogens is 1. The van der Waals surface area contributed by atoms with Crippen molar-refractivity contribution in [3.8, 4) is 50.2 Å². The van der Waals surface area contributed by atoms with E-state index in [0.29, 0.717) is 0 Å². The van der Waals surface area contributed by atoms with Gasteiger partial charge in [-0.2, -0.15) is 0 Å². The summed E-state index contributed by atoms with van der Waals surface area (Å²) in [5, 5.41) is 4.72. The fraction of sp³-hybridized carbons (Fsp3) is 0. The van der Waals surface area contributed by atoms with Gasteiger partial charge in [0.15, 0.2) is 0 Å². The summed E-state index contributed by atoms with van der Waals surface area (Å²) >= 11 is 0. The molecular formula is C60H40N2O. The molecule has 296 valence electrons. The lowest BCUT2D eigenvalue weighted by atomic mass is 9.98. The molecule has 12 aromatic rings. The highest BCUT2D eigenvalue weighted by Crippen LogP contribution is 2.45. The molecule has 2 aromatic heterocycles. The highest BCUT2D eigenvalue weighted by molar-refractivity contribution is 6.13. The second-order valence-corrected chi connectivity index (χ2v) is 16.0. The lowest BCUT2D eigenvalue weighted by Crippen LogP contribution is -2.11. The standard InChI is InChI=1S/C60H40N2O/c1-3-18-41(19-4-1)47-24-7-11-32-55(47)61(45-38-36-43(37-39-45)48-25-8-12-33-56(48)62-57-34-13-9-26-51(57)52-27-10-14-35-58(52)62)46-23-15-22-44(40-46)50-29-17-31-54-53-30-16-28-49(59(53)63-60(50)54)42-20-5-2-6-21-42/h1-40H. The minimum absolute atomic E-state index is 0.885. The van der Waals surface area contributed by atoms with Crippen LogP contribution < -0.4 is 4.90 Å². The Kier molecular flexibility index (Phi) is 8.83. The van der Waals surface area contributed by atoms with Crippen LogP contribution in [-0.4, -0.2) is 4.57 Å². The Bertz CT molecular complexity index is 3570. The topological polar surface area (TPSA) is 21.3 Å². The van der Waals surface area contributed by atoms with E-state index in [2.05, 4.69) is 252 Å². The van der Waals surface area contributed by atoms with Crippen LogP contribution in [0.2, 0.25) is 0 Å². The van der Waals surface area contributed by atoms with Gasteiger partial charge in [-0.1, -0.05) is 194 Å². The van der Waals surface area contributed by atoms with Crippen molar-refractivity contribution >= 4 is 60.8 Å². The number of furan rings is 1. The van der Waals surface area contributed by atoms with Crippen molar-refractivity contribution in [2.75, 3.05) is 4.90 Å². The number of para-hydroxylation sites is 6. The van der Waals surface area contributed by atoms with Gasteiger partial charge in [-0.05, 0) is 70.8 Å². The van der Waals surface area contributed by atoms with Crippen LogP contribution in [0, 0.1) is 0 Å². The molecule has 3 heteroatoms. The molecule has 0 amide bonds. The molecule has 0 bridgehead atoms. The van der Waals surface area contributed by atoms with Gasteiger partial charge in [0.05, 0.1) is 22.4 Å². The number of benzene rings is 10. The third kappa shape index (κ3) is 6.21. The van der Waals surface area contributed by atoms with E-state index < -0.39 is 0 Å².